The molecule has 0 aliphatic rings. The molecule has 0 aromatic carbocycles. The molecule has 1 unspecified atom stereocenters. The van der Waals surface area contributed by atoms with E-state index in [9.17, 15) is 5.11 Å². The topological polar surface area (TPSA) is 33.1 Å². The maximum absolute atomic E-state index is 10.3. The van der Waals surface area contributed by atoms with Crippen LogP contribution in [0.5, 0.6) is 0 Å². The van der Waals surface area contributed by atoms with Crippen molar-refractivity contribution in [2.45, 2.75) is 65.4 Å². The molecule has 0 spiro atoms. The minimum atomic E-state index is -0.591. The molecule has 0 radical (unpaired) electrons. The van der Waals surface area contributed by atoms with Gasteiger partial charge in [-0.15, -0.1) is 11.3 Å². The highest BCUT2D eigenvalue weighted by Gasteiger charge is 2.22. The van der Waals surface area contributed by atoms with E-state index in [0.717, 1.165) is 23.5 Å². The second-order valence-electron chi connectivity index (χ2n) is 4.88. The van der Waals surface area contributed by atoms with E-state index in [2.05, 4.69) is 18.8 Å². The number of aryl methyl sites for hydroxylation is 2. The lowest BCUT2D eigenvalue weighted by Crippen LogP contribution is -2.26. The van der Waals surface area contributed by atoms with Gasteiger partial charge in [-0.1, -0.05) is 26.2 Å². The molecule has 0 bridgehead atoms. The number of unbranched alkanes of at least 4 members (excludes halogenated alkanes) is 2. The first-order chi connectivity index (χ1) is 7.44. The zero-order chi connectivity index (χ0) is 12.2. The van der Waals surface area contributed by atoms with Gasteiger partial charge in [0.25, 0.3) is 0 Å². The Morgan fingerprint density at radius 1 is 1.31 bits per heavy atom. The van der Waals surface area contributed by atoms with Gasteiger partial charge in [0, 0.05) is 11.3 Å². The zero-order valence-electron chi connectivity index (χ0n) is 10.8. The van der Waals surface area contributed by atoms with E-state index >= 15 is 0 Å². The highest BCUT2D eigenvalue weighted by Crippen LogP contribution is 2.24. The molecular weight excluding hydrogens is 218 g/mol. The Bertz CT molecular complexity index is 311. The monoisotopic (exact) mass is 241 g/mol. The average Bonchev–Trinajstić information content (AvgIpc) is 2.44. The molecule has 92 valence electrons. The van der Waals surface area contributed by atoms with Crippen molar-refractivity contribution in [3.05, 3.63) is 15.6 Å². The number of thiazole rings is 1. The summed E-state index contributed by atoms with van der Waals surface area (Å²) < 4.78 is 0. The quantitative estimate of drug-likeness (QED) is 0.771. The second kappa shape index (κ2) is 5.78. The van der Waals surface area contributed by atoms with Crippen molar-refractivity contribution in [1.82, 2.24) is 4.98 Å². The molecular formula is C13H23NOS. The third-order valence-electron chi connectivity index (χ3n) is 2.92. The molecule has 0 amide bonds. The van der Waals surface area contributed by atoms with Gasteiger partial charge in [0.15, 0.2) is 0 Å². The van der Waals surface area contributed by atoms with Crippen LogP contribution in [-0.2, 0) is 6.42 Å². The number of aromatic nitrogens is 1. The van der Waals surface area contributed by atoms with Crippen LogP contribution < -0.4 is 0 Å². The van der Waals surface area contributed by atoms with Crippen LogP contribution in [0.1, 0.15) is 55.1 Å². The predicted octanol–water partition coefficient (Wildman–Crippen LogP) is 3.63. The minimum Gasteiger partial charge on any atom is -0.390 e. The second-order valence-corrected chi connectivity index (χ2v) is 6.17. The van der Waals surface area contributed by atoms with Crippen LogP contribution in [0.2, 0.25) is 0 Å². The van der Waals surface area contributed by atoms with Gasteiger partial charge < -0.3 is 5.11 Å². The van der Waals surface area contributed by atoms with Crippen LogP contribution in [-0.4, -0.2) is 15.7 Å². The summed E-state index contributed by atoms with van der Waals surface area (Å²) in [7, 11) is 0. The molecule has 1 atom stereocenters. The van der Waals surface area contributed by atoms with Crippen LogP contribution in [0.15, 0.2) is 0 Å². The zero-order valence-corrected chi connectivity index (χ0v) is 11.7. The number of hydrogen-bond donors (Lipinski definition) is 1. The van der Waals surface area contributed by atoms with Gasteiger partial charge in [0.2, 0.25) is 0 Å². The summed E-state index contributed by atoms with van der Waals surface area (Å²) in [6.07, 6.45) is 5.07. The van der Waals surface area contributed by atoms with Crippen LogP contribution >= 0.6 is 11.3 Å². The molecule has 3 heteroatoms. The Hall–Kier alpha value is -0.410. The number of aliphatic hydroxyl groups is 1. The van der Waals surface area contributed by atoms with Crippen LogP contribution in [0.3, 0.4) is 0 Å². The van der Waals surface area contributed by atoms with Crippen LogP contribution in [0, 0.1) is 13.8 Å². The Kier molecular flexibility index (Phi) is 4.93. The average molecular weight is 241 g/mol. The maximum atomic E-state index is 10.3. The Balaban J connectivity index is 2.51. The molecule has 1 N–H and O–H groups in total. The highest BCUT2D eigenvalue weighted by molar-refractivity contribution is 7.11. The first-order valence-electron chi connectivity index (χ1n) is 6.10. The van der Waals surface area contributed by atoms with Crippen molar-refractivity contribution < 1.29 is 5.11 Å². The fourth-order valence-electron chi connectivity index (χ4n) is 1.78. The lowest BCUT2D eigenvalue weighted by atomic mass is 9.95. The lowest BCUT2D eigenvalue weighted by Gasteiger charge is -2.21. The van der Waals surface area contributed by atoms with E-state index < -0.39 is 5.60 Å². The van der Waals surface area contributed by atoms with Gasteiger partial charge in [-0.2, -0.15) is 0 Å². The van der Waals surface area contributed by atoms with Crippen molar-refractivity contribution in [3.8, 4) is 0 Å². The molecule has 0 saturated heterocycles. The lowest BCUT2D eigenvalue weighted by molar-refractivity contribution is 0.0485. The third kappa shape index (κ3) is 4.22. The van der Waals surface area contributed by atoms with Crippen molar-refractivity contribution in [2.75, 3.05) is 0 Å². The highest BCUT2D eigenvalue weighted by atomic mass is 32.1. The Morgan fingerprint density at radius 3 is 2.50 bits per heavy atom. The maximum Gasteiger partial charge on any atom is 0.0959 e. The summed E-state index contributed by atoms with van der Waals surface area (Å²) in [4.78, 5) is 5.75. The van der Waals surface area contributed by atoms with E-state index in [1.54, 1.807) is 11.3 Å². The third-order valence-corrected chi connectivity index (χ3v) is 4.00. The summed E-state index contributed by atoms with van der Waals surface area (Å²) in [6, 6.07) is 0. The summed E-state index contributed by atoms with van der Waals surface area (Å²) in [5.74, 6) is 0. The molecule has 2 nitrogen and oxygen atoms in total. The molecule has 16 heavy (non-hydrogen) atoms. The molecule has 1 heterocycles. The van der Waals surface area contributed by atoms with E-state index in [1.165, 1.54) is 17.7 Å². The van der Waals surface area contributed by atoms with E-state index in [4.69, 9.17) is 0 Å². The first kappa shape index (κ1) is 13.7. The van der Waals surface area contributed by atoms with E-state index in [0.29, 0.717) is 6.42 Å². The first-order valence-corrected chi connectivity index (χ1v) is 6.91. The molecule has 0 aliphatic carbocycles. The van der Waals surface area contributed by atoms with Gasteiger partial charge in [-0.05, 0) is 27.2 Å². The van der Waals surface area contributed by atoms with Crippen molar-refractivity contribution in [1.29, 1.82) is 0 Å². The summed E-state index contributed by atoms with van der Waals surface area (Å²) >= 11 is 1.71. The van der Waals surface area contributed by atoms with E-state index in [1.807, 2.05) is 13.8 Å². The van der Waals surface area contributed by atoms with Crippen LogP contribution in [0.4, 0.5) is 0 Å². The fourth-order valence-corrected chi connectivity index (χ4v) is 2.90. The van der Waals surface area contributed by atoms with Crippen LogP contribution in [0.25, 0.3) is 0 Å². The van der Waals surface area contributed by atoms with Gasteiger partial charge in [0.1, 0.15) is 0 Å². The summed E-state index contributed by atoms with van der Waals surface area (Å²) in [5.41, 5.74) is 0.510. The minimum absolute atomic E-state index is 0.591. The molecule has 0 saturated carbocycles. The Labute approximate surface area is 103 Å². The molecule has 0 aliphatic heterocycles. The Morgan fingerprint density at radius 2 is 2.00 bits per heavy atom. The molecule has 1 aromatic heterocycles. The van der Waals surface area contributed by atoms with Gasteiger partial charge in [0.05, 0.1) is 16.3 Å². The molecule has 0 fully saturated rings. The predicted molar refractivity (Wildman–Crippen MR) is 70.1 cm³/mol. The number of nitrogens with zero attached hydrogens (tertiary/aromatic N) is 1. The standard InChI is InChI=1S/C13H23NOS/c1-5-6-7-8-13(4,15)9-12-14-10(2)11(3)16-12/h15H,5-9H2,1-4H3. The largest absolute Gasteiger partial charge is 0.390 e. The van der Waals surface area contributed by atoms with Crippen molar-refractivity contribution in [2.24, 2.45) is 0 Å². The SMILES string of the molecule is CCCCCC(C)(O)Cc1nc(C)c(C)s1. The van der Waals surface area contributed by atoms with E-state index in [-0.39, 0.29) is 0 Å². The van der Waals surface area contributed by atoms with Crippen molar-refractivity contribution in [3.63, 3.8) is 0 Å². The van der Waals surface area contributed by atoms with Gasteiger partial charge in [-0.3, -0.25) is 0 Å². The van der Waals surface area contributed by atoms with Crippen molar-refractivity contribution >= 4 is 11.3 Å². The van der Waals surface area contributed by atoms with Gasteiger partial charge in [-0.25, -0.2) is 4.98 Å². The number of rotatable bonds is 6. The fraction of sp³-hybridized carbons (Fsp3) is 0.769. The summed E-state index contributed by atoms with van der Waals surface area (Å²) in [5, 5.41) is 11.3. The molecule has 1 rings (SSSR count). The van der Waals surface area contributed by atoms with Gasteiger partial charge >= 0.3 is 0 Å². The molecule has 1 aromatic rings. The normalized spacial score (nSPS) is 15.1. The smallest absolute Gasteiger partial charge is 0.0959 e. The summed E-state index contributed by atoms with van der Waals surface area (Å²) in [6.45, 7) is 8.22. The number of hydrogen-bond acceptors (Lipinski definition) is 3.